The van der Waals surface area contributed by atoms with E-state index in [4.69, 9.17) is 28.9 Å². The second kappa shape index (κ2) is 42.8. The van der Waals surface area contributed by atoms with Crippen molar-refractivity contribution in [3.8, 4) is 22.3 Å². The number of carbonyl (C=O) groups excluding carboxylic acids is 5. The third kappa shape index (κ3) is 24.6. The van der Waals surface area contributed by atoms with E-state index < -0.39 is 17.2 Å². The number of ether oxygens (including phenoxy) is 4. The Bertz CT molecular complexity index is 5420. The number of carboxylic acids is 1. The summed E-state index contributed by atoms with van der Waals surface area (Å²) in [6.45, 7) is 32.0. The first-order chi connectivity index (χ1) is 60.1. The van der Waals surface area contributed by atoms with Gasteiger partial charge in [0, 0.05) is 201 Å². The predicted molar refractivity (Wildman–Crippen MR) is 481 cm³/mol. The van der Waals surface area contributed by atoms with Gasteiger partial charge in [-0.1, -0.05) is 74.5 Å². The van der Waals surface area contributed by atoms with E-state index in [-0.39, 0.29) is 78.8 Å². The molecule has 5 amide bonds. The van der Waals surface area contributed by atoms with Crippen LogP contribution in [0.3, 0.4) is 0 Å². The van der Waals surface area contributed by atoms with Crippen LogP contribution in [0.4, 0.5) is 29.7 Å². The summed E-state index contributed by atoms with van der Waals surface area (Å²) in [5.74, 6) is -2.53. The molecule has 29 heteroatoms. The maximum absolute atomic E-state index is 15.4. The molecule has 4 saturated heterocycles. The van der Waals surface area contributed by atoms with Crippen LogP contribution in [0, 0.1) is 11.6 Å². The first-order valence-corrected chi connectivity index (χ1v) is 43.6. The van der Waals surface area contributed by atoms with E-state index in [0.29, 0.717) is 133 Å². The molecule has 6 aromatic carbocycles. The SMILES string of the molecule is CCc1nc2c(cnn2CC)c(NC2CCOCC2)c1CNC(=O)c1cccc(C(=O)N(C)Cc2ccc(F)c(-c3cccc(CN4CCN(C(=O)OC(C)(C)C)CC4)c3)c2)c1.CCc1nc2c(cnn2CC)c(NC2CCOCC2)c1CNC(=O)c1cccc(C(=O)O)c1.CNCc1ccc(F)c(-c2cccc(CN3CCN(C(=O)OC(C)(C)C)CC3)c2)c1. The van der Waals surface area contributed by atoms with Crippen molar-refractivity contribution >= 4 is 69.3 Å². The van der Waals surface area contributed by atoms with E-state index >= 15 is 4.39 Å². The molecule has 0 aliphatic carbocycles. The maximum atomic E-state index is 15.4. The number of hydrogen-bond acceptors (Lipinski definition) is 19. The summed E-state index contributed by atoms with van der Waals surface area (Å²) in [5.41, 5.74) is 13.9. The third-order valence-corrected chi connectivity index (χ3v) is 22.5. The Labute approximate surface area is 730 Å². The average molecular weight is 1710 g/mol. The number of halogens is 2. The number of piperazine rings is 2. The number of aromatic nitrogens is 6. The van der Waals surface area contributed by atoms with E-state index in [9.17, 15) is 38.3 Å². The number of carboxylic acid groups (broad SMARTS) is 1. The van der Waals surface area contributed by atoms with Crippen molar-refractivity contribution in [1.82, 2.24) is 70.0 Å². The average Bonchev–Trinajstić information content (AvgIpc) is 1.66. The Morgan fingerprint density at radius 2 is 0.912 bits per heavy atom. The summed E-state index contributed by atoms with van der Waals surface area (Å²) in [6.07, 6.45) is 8.07. The lowest BCUT2D eigenvalue weighted by molar-refractivity contribution is 0.0129. The summed E-state index contributed by atoms with van der Waals surface area (Å²) in [6, 6.07) is 39.3. The van der Waals surface area contributed by atoms with Gasteiger partial charge < -0.3 is 65.3 Å². The zero-order valence-electron chi connectivity index (χ0n) is 74.1. The van der Waals surface area contributed by atoms with E-state index in [1.54, 1.807) is 70.3 Å². The fraction of sp³-hybridized carbons (Fsp3) is 0.438. The molecule has 0 unspecified atom stereocenters. The fourth-order valence-corrected chi connectivity index (χ4v) is 15.9. The molecular formula is C96H120F2N16O11. The zero-order valence-corrected chi connectivity index (χ0v) is 74.1. The van der Waals surface area contributed by atoms with Gasteiger partial charge in [-0.3, -0.25) is 24.2 Å². The molecule has 0 bridgehead atoms. The highest BCUT2D eigenvalue weighted by molar-refractivity contribution is 6.01. The van der Waals surface area contributed by atoms with Gasteiger partial charge in [0.15, 0.2) is 11.3 Å². The van der Waals surface area contributed by atoms with Crippen LogP contribution in [-0.4, -0.2) is 211 Å². The van der Waals surface area contributed by atoms with Crippen LogP contribution in [0.5, 0.6) is 0 Å². The minimum atomic E-state index is -1.07. The number of benzene rings is 6. The van der Waals surface area contributed by atoms with E-state index in [2.05, 4.69) is 65.6 Å². The largest absolute Gasteiger partial charge is 0.478 e. The summed E-state index contributed by atoms with van der Waals surface area (Å²) in [5, 5.41) is 36.8. The van der Waals surface area contributed by atoms with Gasteiger partial charge in [-0.15, -0.1) is 0 Å². The van der Waals surface area contributed by atoms with Gasteiger partial charge in [-0.25, -0.2) is 42.5 Å². The number of rotatable bonds is 26. The molecule has 0 spiro atoms. The Hall–Kier alpha value is -11.8. The van der Waals surface area contributed by atoms with Gasteiger partial charge in [-0.05, 0) is 207 Å². The zero-order chi connectivity index (χ0) is 89.1. The molecule has 125 heavy (non-hydrogen) atoms. The molecule has 14 rings (SSSR count). The van der Waals surface area contributed by atoms with Crippen LogP contribution in [0.15, 0.2) is 146 Å². The highest BCUT2D eigenvalue weighted by Crippen LogP contribution is 2.35. The number of nitrogens with zero attached hydrogens (tertiary/aromatic N) is 11. The molecule has 0 saturated carbocycles. The number of fused-ring (bicyclic) bond motifs is 2. The Morgan fingerprint density at radius 3 is 1.33 bits per heavy atom. The Morgan fingerprint density at radius 1 is 0.504 bits per heavy atom. The summed E-state index contributed by atoms with van der Waals surface area (Å²) >= 11 is 0. The Kier molecular flexibility index (Phi) is 31.6. The standard InChI is InChI=1S/C48H59FN8O5.C24H32FN3O2.C24H29N5O4/c1-7-42-39(43(52-37-17-23-61-24-18-37)40-29-51-57(8-2)44(40)53-42)28-50-45(58)35-13-10-14-36(27-35)46(59)54(6)30-33-15-16-41(49)38(26-33)34-12-9-11-32(25-34)31-55-19-21-56(22-20-55)47(60)62-48(3,4)5;1-24(2,3)30-23(29)28-12-10-27(11-13-28)17-19-6-5-7-20(14-19)21-15-18(16-26-4)8-9-22(21)25;1-3-20-18(13-25-23(30)15-6-5-7-16(12-15)24(31)32)21(27-17-8-10-33-11-9-17)19-14-26-29(4-2)22(19)28-20/h9-16,25-27,29,37H,7-8,17-24,28,30-31H2,1-6H3,(H,50,58)(H,52,53);5-9,14-15,26H,10-13,16-17H2,1-4H3;5-7,12,14,17H,3-4,8-11,13H2,1-2H3,(H,25,30)(H,27,28)(H,31,32). The molecule has 4 fully saturated rings. The molecule has 4 aliphatic heterocycles. The minimum Gasteiger partial charge on any atom is -0.478 e. The predicted octanol–water partition coefficient (Wildman–Crippen LogP) is 15.2. The van der Waals surface area contributed by atoms with Crippen LogP contribution in [0.25, 0.3) is 44.3 Å². The maximum Gasteiger partial charge on any atom is 0.410 e. The van der Waals surface area contributed by atoms with E-state index in [1.807, 2.05) is 140 Å². The quantitative estimate of drug-likeness (QED) is 0.0293. The number of aromatic carboxylic acids is 1. The van der Waals surface area contributed by atoms with Gasteiger partial charge >= 0.3 is 18.2 Å². The number of carbonyl (C=O) groups is 6. The number of anilines is 2. The smallest absolute Gasteiger partial charge is 0.410 e. The lowest BCUT2D eigenvalue weighted by atomic mass is 9.99. The number of aryl methyl sites for hydroxylation is 4. The molecule has 0 atom stereocenters. The summed E-state index contributed by atoms with van der Waals surface area (Å²) in [7, 11) is 3.58. The highest BCUT2D eigenvalue weighted by atomic mass is 19.1. The minimum absolute atomic E-state index is 0.0776. The molecule has 8 heterocycles. The first kappa shape index (κ1) is 92.4. The number of pyridine rings is 2. The number of amides is 5. The number of nitrogens with one attached hydrogen (secondary N) is 5. The first-order valence-electron chi connectivity index (χ1n) is 43.6. The highest BCUT2D eigenvalue weighted by Gasteiger charge is 2.31. The van der Waals surface area contributed by atoms with Crippen molar-refractivity contribution in [2.75, 3.05) is 104 Å². The van der Waals surface area contributed by atoms with Gasteiger partial charge in [0.05, 0.1) is 40.1 Å². The van der Waals surface area contributed by atoms with E-state index in [1.165, 1.54) is 24.3 Å². The number of hydrogen-bond donors (Lipinski definition) is 6. The van der Waals surface area contributed by atoms with Crippen LogP contribution in [0.1, 0.15) is 181 Å². The second-order valence-electron chi connectivity index (χ2n) is 34.0. The monoisotopic (exact) mass is 1710 g/mol. The fourth-order valence-electron chi connectivity index (χ4n) is 15.9. The molecule has 0 radical (unpaired) electrons. The van der Waals surface area contributed by atoms with E-state index in [0.717, 1.165) is 135 Å². The molecule has 6 N–H and O–H groups in total. The topological polar surface area (TPSA) is 297 Å². The third-order valence-electron chi connectivity index (χ3n) is 22.5. The van der Waals surface area contributed by atoms with Crippen molar-refractivity contribution in [3.63, 3.8) is 0 Å². The van der Waals surface area contributed by atoms with Gasteiger partial charge in [0.1, 0.15) is 22.8 Å². The van der Waals surface area contributed by atoms with Crippen LogP contribution >= 0.6 is 0 Å². The van der Waals surface area contributed by atoms with Gasteiger partial charge in [-0.2, -0.15) is 10.2 Å². The van der Waals surface area contributed by atoms with Crippen LogP contribution in [0.2, 0.25) is 0 Å². The van der Waals surface area contributed by atoms with Crippen molar-refractivity contribution in [3.05, 3.63) is 225 Å². The molecule has 27 nitrogen and oxygen atoms in total. The molecule has 4 aliphatic rings. The lowest BCUT2D eigenvalue weighted by Gasteiger charge is -2.35. The molecule has 4 aromatic heterocycles. The molecule has 664 valence electrons. The van der Waals surface area contributed by atoms with Crippen molar-refractivity contribution in [1.29, 1.82) is 0 Å². The lowest BCUT2D eigenvalue weighted by Crippen LogP contribution is -2.49. The van der Waals surface area contributed by atoms with Crippen LogP contribution < -0.4 is 26.6 Å². The summed E-state index contributed by atoms with van der Waals surface area (Å²) < 4.78 is 55.7. The molecular weight excluding hydrogens is 1590 g/mol. The second-order valence-corrected chi connectivity index (χ2v) is 34.0. The van der Waals surface area contributed by atoms with Crippen LogP contribution in [-0.2, 0) is 84.1 Å². The Balaban J connectivity index is 0.000000189. The molecule has 10 aromatic rings. The normalized spacial score (nSPS) is 15.0. The van der Waals surface area contributed by atoms with Crippen molar-refractivity contribution < 1.29 is 61.6 Å². The van der Waals surface area contributed by atoms with Crippen molar-refractivity contribution in [2.24, 2.45) is 0 Å². The van der Waals surface area contributed by atoms with Gasteiger partial charge in [0.2, 0.25) is 0 Å². The summed E-state index contributed by atoms with van der Waals surface area (Å²) in [4.78, 5) is 95.9. The van der Waals surface area contributed by atoms with Gasteiger partial charge in [0.25, 0.3) is 17.7 Å². The van der Waals surface area contributed by atoms with Crippen molar-refractivity contribution in [2.45, 2.75) is 183 Å².